The van der Waals surface area contributed by atoms with Gasteiger partial charge in [-0.15, -0.1) is 0 Å². The Balaban J connectivity index is 1.75. The Morgan fingerprint density at radius 1 is 1.10 bits per heavy atom. The van der Waals surface area contributed by atoms with Crippen LogP contribution in [0.1, 0.15) is 48.2 Å². The average molecular weight is 422 g/mol. The second-order valence-corrected chi connectivity index (χ2v) is 8.45. The summed E-state index contributed by atoms with van der Waals surface area (Å²) in [6.45, 7) is 8.73. The summed E-state index contributed by atoms with van der Waals surface area (Å²) >= 11 is 0. The first kappa shape index (κ1) is 21.9. The average Bonchev–Trinajstić information content (AvgIpc) is 2.66. The number of nitrogens with zero attached hydrogens (tertiary/aromatic N) is 3. The van der Waals surface area contributed by atoms with E-state index in [0.717, 1.165) is 12.1 Å². The molecule has 1 aliphatic heterocycles. The number of hydrogen-bond acceptors (Lipinski definition) is 4. The number of benzene rings is 1. The monoisotopic (exact) mass is 422 g/mol. The quantitative estimate of drug-likeness (QED) is 0.806. The Bertz CT molecular complexity index is 1000. The number of aromatic amines is 1. The van der Waals surface area contributed by atoms with Gasteiger partial charge < -0.3 is 14.8 Å². The van der Waals surface area contributed by atoms with E-state index < -0.39 is 23.2 Å². The van der Waals surface area contributed by atoms with Crippen molar-refractivity contribution in [2.45, 2.75) is 39.3 Å². The Morgan fingerprint density at radius 2 is 1.73 bits per heavy atom. The van der Waals surface area contributed by atoms with E-state index in [2.05, 4.69) is 9.97 Å². The molecule has 1 amide bonds. The maximum atomic E-state index is 13.0. The molecule has 1 saturated heterocycles. The van der Waals surface area contributed by atoms with Crippen molar-refractivity contribution in [2.75, 3.05) is 31.1 Å². The predicted molar refractivity (Wildman–Crippen MR) is 108 cm³/mol. The van der Waals surface area contributed by atoms with Crippen LogP contribution in [0.15, 0.2) is 29.1 Å². The van der Waals surface area contributed by atoms with Crippen LogP contribution >= 0.6 is 0 Å². The van der Waals surface area contributed by atoms with E-state index in [1.54, 1.807) is 22.8 Å². The van der Waals surface area contributed by atoms with Gasteiger partial charge in [0.25, 0.3) is 11.5 Å². The van der Waals surface area contributed by atoms with Gasteiger partial charge in [-0.2, -0.15) is 13.2 Å². The summed E-state index contributed by atoms with van der Waals surface area (Å²) in [6.07, 6.45) is -4.40. The third-order valence-electron chi connectivity index (χ3n) is 5.13. The summed E-state index contributed by atoms with van der Waals surface area (Å²) in [7, 11) is 0. The first-order valence-corrected chi connectivity index (χ1v) is 9.71. The molecule has 162 valence electrons. The standard InChI is InChI=1S/C21H25F3N4O2/c1-13-16(17(29)26-19(25-13)20(2,3)4)18(30)28-10-8-27(9-11-28)15-7-5-6-14(12-15)21(22,23)24/h5-7,12H,8-11H2,1-4H3,(H,25,26,29). The molecule has 0 saturated carbocycles. The van der Waals surface area contributed by atoms with Crippen LogP contribution in [-0.2, 0) is 11.6 Å². The second-order valence-electron chi connectivity index (χ2n) is 8.45. The molecule has 6 nitrogen and oxygen atoms in total. The van der Waals surface area contributed by atoms with E-state index >= 15 is 0 Å². The van der Waals surface area contributed by atoms with Crippen LogP contribution in [0.25, 0.3) is 0 Å². The highest BCUT2D eigenvalue weighted by Crippen LogP contribution is 2.32. The number of H-pyrrole nitrogens is 1. The molecular weight excluding hydrogens is 397 g/mol. The van der Waals surface area contributed by atoms with Crippen LogP contribution in [0.3, 0.4) is 0 Å². The van der Waals surface area contributed by atoms with Gasteiger partial charge in [0.15, 0.2) is 0 Å². The zero-order valence-electron chi connectivity index (χ0n) is 17.4. The van der Waals surface area contributed by atoms with Gasteiger partial charge in [0, 0.05) is 37.3 Å². The summed E-state index contributed by atoms with van der Waals surface area (Å²) in [5.74, 6) is 0.0984. The van der Waals surface area contributed by atoms with E-state index in [0.29, 0.717) is 43.4 Å². The van der Waals surface area contributed by atoms with Crippen LogP contribution in [0.4, 0.5) is 18.9 Å². The Morgan fingerprint density at radius 3 is 2.27 bits per heavy atom. The lowest BCUT2D eigenvalue weighted by atomic mass is 9.95. The highest BCUT2D eigenvalue weighted by Gasteiger charge is 2.32. The highest BCUT2D eigenvalue weighted by atomic mass is 19.4. The van der Waals surface area contributed by atoms with Crippen molar-refractivity contribution in [3.63, 3.8) is 0 Å². The lowest BCUT2D eigenvalue weighted by Crippen LogP contribution is -2.50. The zero-order valence-corrected chi connectivity index (χ0v) is 17.4. The third-order valence-corrected chi connectivity index (χ3v) is 5.13. The number of carbonyl (C=O) groups is 1. The molecule has 0 aliphatic carbocycles. The number of anilines is 1. The molecule has 9 heteroatoms. The van der Waals surface area contributed by atoms with Gasteiger partial charge in [0.05, 0.1) is 11.3 Å². The summed E-state index contributed by atoms with van der Waals surface area (Å²) in [4.78, 5) is 35.9. The molecule has 0 atom stereocenters. The van der Waals surface area contributed by atoms with Gasteiger partial charge in [-0.1, -0.05) is 26.8 Å². The molecule has 0 bridgehead atoms. The van der Waals surface area contributed by atoms with E-state index in [-0.39, 0.29) is 11.0 Å². The van der Waals surface area contributed by atoms with Gasteiger partial charge in [0.1, 0.15) is 11.4 Å². The molecule has 1 aromatic heterocycles. The van der Waals surface area contributed by atoms with Crippen LogP contribution in [0.2, 0.25) is 0 Å². The van der Waals surface area contributed by atoms with Crippen molar-refractivity contribution in [1.82, 2.24) is 14.9 Å². The Hall–Kier alpha value is -2.84. The van der Waals surface area contributed by atoms with E-state index in [9.17, 15) is 22.8 Å². The highest BCUT2D eigenvalue weighted by molar-refractivity contribution is 5.95. The van der Waals surface area contributed by atoms with Crippen LogP contribution in [-0.4, -0.2) is 47.0 Å². The Kier molecular flexibility index (Phi) is 5.66. The summed E-state index contributed by atoms with van der Waals surface area (Å²) in [5.41, 5.74) is -0.697. The van der Waals surface area contributed by atoms with E-state index in [1.807, 2.05) is 20.8 Å². The smallest absolute Gasteiger partial charge is 0.368 e. The molecule has 3 rings (SSSR count). The lowest BCUT2D eigenvalue weighted by molar-refractivity contribution is -0.137. The number of aryl methyl sites for hydroxylation is 1. The number of nitrogens with one attached hydrogen (secondary N) is 1. The number of amides is 1. The SMILES string of the molecule is Cc1nc(C(C)(C)C)[nH]c(=O)c1C(=O)N1CCN(c2cccc(C(F)(F)F)c2)CC1. The fourth-order valence-electron chi connectivity index (χ4n) is 3.40. The molecule has 1 N–H and O–H groups in total. The first-order valence-electron chi connectivity index (χ1n) is 9.71. The van der Waals surface area contributed by atoms with Gasteiger partial charge in [-0.3, -0.25) is 9.59 Å². The zero-order chi connectivity index (χ0) is 22.3. The van der Waals surface area contributed by atoms with Crippen molar-refractivity contribution in [3.8, 4) is 0 Å². The molecule has 1 fully saturated rings. The largest absolute Gasteiger partial charge is 0.416 e. The van der Waals surface area contributed by atoms with Crippen molar-refractivity contribution < 1.29 is 18.0 Å². The molecule has 2 heterocycles. The van der Waals surface area contributed by atoms with Crippen molar-refractivity contribution in [2.24, 2.45) is 0 Å². The molecule has 1 aliphatic rings. The summed E-state index contributed by atoms with van der Waals surface area (Å²) < 4.78 is 38.9. The third kappa shape index (κ3) is 4.49. The minimum absolute atomic E-state index is 0.00974. The topological polar surface area (TPSA) is 69.3 Å². The van der Waals surface area contributed by atoms with E-state index in [4.69, 9.17) is 0 Å². The van der Waals surface area contributed by atoms with E-state index in [1.165, 1.54) is 6.07 Å². The molecular formula is C21H25F3N4O2. The lowest BCUT2D eigenvalue weighted by Gasteiger charge is -2.36. The van der Waals surface area contributed by atoms with Crippen molar-refractivity contribution in [3.05, 3.63) is 57.3 Å². The number of alkyl halides is 3. The number of rotatable bonds is 2. The summed E-state index contributed by atoms with van der Waals surface area (Å²) in [6, 6.07) is 5.14. The minimum Gasteiger partial charge on any atom is -0.368 e. The normalized spacial score (nSPS) is 15.4. The molecule has 0 spiro atoms. The van der Waals surface area contributed by atoms with Crippen molar-refractivity contribution in [1.29, 1.82) is 0 Å². The first-order chi connectivity index (χ1) is 13.9. The molecule has 30 heavy (non-hydrogen) atoms. The summed E-state index contributed by atoms with van der Waals surface area (Å²) in [5, 5.41) is 0. The maximum Gasteiger partial charge on any atom is 0.416 e. The van der Waals surface area contributed by atoms with Gasteiger partial charge in [-0.05, 0) is 25.1 Å². The van der Waals surface area contributed by atoms with Gasteiger partial charge in [-0.25, -0.2) is 4.98 Å². The fourth-order valence-corrected chi connectivity index (χ4v) is 3.40. The number of halogens is 3. The number of hydrogen-bond donors (Lipinski definition) is 1. The minimum atomic E-state index is -4.40. The molecule has 0 unspecified atom stereocenters. The van der Waals surface area contributed by atoms with Crippen molar-refractivity contribution >= 4 is 11.6 Å². The molecule has 0 radical (unpaired) electrons. The number of piperazine rings is 1. The predicted octanol–water partition coefficient (Wildman–Crippen LogP) is 3.36. The number of carbonyl (C=O) groups excluding carboxylic acids is 1. The molecule has 2 aromatic rings. The van der Waals surface area contributed by atoms with Gasteiger partial charge >= 0.3 is 6.18 Å². The van der Waals surface area contributed by atoms with Crippen LogP contribution in [0.5, 0.6) is 0 Å². The van der Waals surface area contributed by atoms with Crippen LogP contribution in [0, 0.1) is 6.92 Å². The van der Waals surface area contributed by atoms with Gasteiger partial charge in [0.2, 0.25) is 0 Å². The Labute approximate surface area is 172 Å². The number of aromatic nitrogens is 2. The fraction of sp³-hybridized carbons (Fsp3) is 0.476. The second kappa shape index (κ2) is 7.77. The maximum absolute atomic E-state index is 13.0. The molecule has 1 aromatic carbocycles. The van der Waals surface area contributed by atoms with Crippen LogP contribution < -0.4 is 10.5 Å².